The van der Waals surface area contributed by atoms with Gasteiger partial charge in [0.1, 0.15) is 23.9 Å². The molecule has 37 heavy (non-hydrogen) atoms. The molecule has 0 amide bonds. The molecule has 0 saturated carbocycles. The summed E-state index contributed by atoms with van der Waals surface area (Å²) in [5.74, 6) is 0.792. The van der Waals surface area contributed by atoms with Crippen molar-refractivity contribution in [2.75, 3.05) is 29.9 Å². The highest BCUT2D eigenvalue weighted by molar-refractivity contribution is 7.92. The summed E-state index contributed by atoms with van der Waals surface area (Å²) in [6, 6.07) is 10.9. The van der Waals surface area contributed by atoms with Crippen LogP contribution in [-0.4, -0.2) is 50.9 Å². The number of aryl methyl sites for hydroxylation is 1. The van der Waals surface area contributed by atoms with Crippen LogP contribution in [0.4, 0.5) is 5.69 Å². The summed E-state index contributed by atoms with van der Waals surface area (Å²) in [6.45, 7) is 1.47. The van der Waals surface area contributed by atoms with Crippen LogP contribution < -0.4 is 19.8 Å². The Bertz CT molecular complexity index is 1620. The quantitative estimate of drug-likeness (QED) is 0.512. The Morgan fingerprint density at radius 1 is 1.00 bits per heavy atom. The van der Waals surface area contributed by atoms with E-state index in [0.29, 0.717) is 38.9 Å². The fourth-order valence-electron chi connectivity index (χ4n) is 3.78. The molecule has 0 saturated heterocycles. The first kappa shape index (κ1) is 27.0. The molecular formula is C24H26ClN3O7S2. The predicted molar refractivity (Wildman–Crippen MR) is 142 cm³/mol. The van der Waals surface area contributed by atoms with Crippen molar-refractivity contribution >= 4 is 37.3 Å². The lowest BCUT2D eigenvalue weighted by atomic mass is 10.0. The van der Waals surface area contributed by atoms with Gasteiger partial charge >= 0.3 is 0 Å². The van der Waals surface area contributed by atoms with Crippen LogP contribution in [0.3, 0.4) is 0 Å². The Kier molecular flexibility index (Phi) is 7.56. The van der Waals surface area contributed by atoms with Crippen LogP contribution in [0.1, 0.15) is 12.5 Å². The molecule has 2 aromatic carbocycles. The number of aromatic nitrogens is 1. The highest BCUT2D eigenvalue weighted by Gasteiger charge is 2.23. The van der Waals surface area contributed by atoms with Crippen LogP contribution in [0.25, 0.3) is 11.1 Å². The van der Waals surface area contributed by atoms with Gasteiger partial charge in [0.05, 0.1) is 12.0 Å². The average molecular weight is 568 g/mol. The van der Waals surface area contributed by atoms with Crippen LogP contribution in [0, 0.1) is 0 Å². The zero-order chi connectivity index (χ0) is 27.0. The van der Waals surface area contributed by atoms with Gasteiger partial charge in [-0.1, -0.05) is 11.6 Å². The number of hydrogen-bond donors (Lipinski definition) is 1. The number of rotatable bonds is 4. The Balaban J connectivity index is 1.95. The second kappa shape index (κ2) is 10.4. The fraction of sp³-hybridized carbons (Fsp3) is 0.292. The lowest BCUT2D eigenvalue weighted by molar-refractivity contribution is 0.269. The molecule has 0 radical (unpaired) electrons. The zero-order valence-corrected chi connectivity index (χ0v) is 22.8. The van der Waals surface area contributed by atoms with Gasteiger partial charge in [0.25, 0.3) is 5.56 Å². The van der Waals surface area contributed by atoms with Gasteiger partial charge in [-0.15, -0.1) is 0 Å². The summed E-state index contributed by atoms with van der Waals surface area (Å²) in [5, 5.41) is 0.407. The number of pyridine rings is 1. The van der Waals surface area contributed by atoms with Crippen molar-refractivity contribution in [3.63, 3.8) is 0 Å². The summed E-state index contributed by atoms with van der Waals surface area (Å²) in [4.78, 5) is 12.4. The van der Waals surface area contributed by atoms with Crippen molar-refractivity contribution in [2.45, 2.75) is 13.5 Å². The minimum atomic E-state index is -3.62. The number of halogens is 1. The standard InChI is InChI=1S/C24H26ClN3O7S2/c1-4-37(32,33)26-18-6-8-22-19(12-18)20-15-27(2)24(29)13-23(20)34-10-9-28(36(3,30)31)14-16-11-17(25)5-7-21(16)35-22/h5-8,11-13,15,26H,4,9-10,14H2,1-3H3. The van der Waals surface area contributed by atoms with Gasteiger partial charge in [-0.2, -0.15) is 4.31 Å². The summed E-state index contributed by atoms with van der Waals surface area (Å²) in [5.41, 5.74) is 1.41. The van der Waals surface area contributed by atoms with Gasteiger partial charge in [0.2, 0.25) is 20.0 Å². The topological polar surface area (TPSA) is 124 Å². The van der Waals surface area contributed by atoms with Crippen molar-refractivity contribution in [3.8, 4) is 28.4 Å². The van der Waals surface area contributed by atoms with Crippen molar-refractivity contribution in [1.29, 1.82) is 0 Å². The third kappa shape index (κ3) is 6.27. The molecule has 0 fully saturated rings. The molecule has 198 valence electrons. The maximum Gasteiger partial charge on any atom is 0.254 e. The number of fused-ring (bicyclic) bond motifs is 4. The third-order valence-corrected chi connectivity index (χ3v) is 8.56. The molecule has 1 N–H and O–H groups in total. The van der Waals surface area contributed by atoms with Gasteiger partial charge in [0.15, 0.2) is 0 Å². The molecular weight excluding hydrogens is 542 g/mol. The maximum atomic E-state index is 12.5. The third-order valence-electron chi connectivity index (χ3n) is 5.77. The van der Waals surface area contributed by atoms with E-state index in [1.54, 1.807) is 49.6 Å². The van der Waals surface area contributed by atoms with E-state index in [1.165, 1.54) is 21.9 Å². The summed E-state index contributed by atoms with van der Waals surface area (Å²) >= 11 is 6.21. The number of hydrogen-bond acceptors (Lipinski definition) is 7. The molecule has 0 unspecified atom stereocenters. The van der Waals surface area contributed by atoms with Crippen molar-refractivity contribution in [2.24, 2.45) is 7.05 Å². The Morgan fingerprint density at radius 3 is 2.43 bits per heavy atom. The minimum absolute atomic E-state index is 0.00261. The minimum Gasteiger partial charge on any atom is -0.491 e. The number of nitrogens with one attached hydrogen (secondary N) is 1. The first-order valence-corrected chi connectivity index (χ1v) is 15.1. The van der Waals surface area contributed by atoms with Crippen molar-refractivity contribution < 1.29 is 26.3 Å². The van der Waals surface area contributed by atoms with Gasteiger partial charge in [-0.25, -0.2) is 16.8 Å². The summed E-state index contributed by atoms with van der Waals surface area (Å²) in [6.07, 6.45) is 2.66. The smallest absolute Gasteiger partial charge is 0.254 e. The average Bonchev–Trinajstić information content (AvgIpc) is 2.81. The van der Waals surface area contributed by atoms with E-state index in [1.807, 2.05) is 0 Å². The first-order valence-electron chi connectivity index (χ1n) is 11.3. The van der Waals surface area contributed by atoms with Gasteiger partial charge in [0, 0.05) is 59.8 Å². The number of sulfonamides is 2. The van der Waals surface area contributed by atoms with Gasteiger partial charge in [-0.3, -0.25) is 9.52 Å². The molecule has 13 heteroatoms. The molecule has 0 bridgehead atoms. The van der Waals surface area contributed by atoms with Crippen LogP contribution >= 0.6 is 11.6 Å². The molecule has 2 heterocycles. The zero-order valence-electron chi connectivity index (χ0n) is 20.4. The van der Waals surface area contributed by atoms with E-state index in [-0.39, 0.29) is 36.8 Å². The molecule has 1 aliphatic rings. The normalized spacial score (nSPS) is 14.6. The number of anilines is 1. The molecule has 1 aliphatic heterocycles. The predicted octanol–water partition coefficient (Wildman–Crippen LogP) is 3.41. The summed E-state index contributed by atoms with van der Waals surface area (Å²) in [7, 11) is -5.61. The van der Waals surface area contributed by atoms with E-state index < -0.39 is 20.0 Å². The number of ether oxygens (including phenoxy) is 2. The van der Waals surface area contributed by atoms with Crippen molar-refractivity contribution in [3.05, 3.63) is 69.6 Å². The highest BCUT2D eigenvalue weighted by Crippen LogP contribution is 2.41. The van der Waals surface area contributed by atoms with E-state index in [2.05, 4.69) is 4.72 Å². The Hall–Kier alpha value is -3.06. The SMILES string of the molecule is CCS(=O)(=O)Nc1ccc2c(c1)-c1cn(C)c(=O)cc1OCCN(S(C)(=O)=O)Cc1cc(Cl)ccc1O2. The van der Waals surface area contributed by atoms with Crippen LogP contribution in [0.2, 0.25) is 5.02 Å². The molecule has 10 nitrogen and oxygen atoms in total. The molecule has 0 aliphatic carbocycles. The molecule has 3 aromatic rings. The number of nitrogens with zero attached hydrogens (tertiary/aromatic N) is 2. The summed E-state index contributed by atoms with van der Waals surface area (Å²) < 4.78 is 66.7. The fourth-order valence-corrected chi connectivity index (χ4v) is 5.38. The molecule has 0 spiro atoms. The van der Waals surface area contributed by atoms with Crippen molar-refractivity contribution in [1.82, 2.24) is 8.87 Å². The monoisotopic (exact) mass is 567 g/mol. The molecule has 0 atom stereocenters. The van der Waals surface area contributed by atoms with Crippen LogP contribution in [-0.2, 0) is 33.6 Å². The van der Waals surface area contributed by atoms with Gasteiger partial charge in [-0.05, 0) is 43.3 Å². The molecule has 4 rings (SSSR count). The van der Waals surface area contributed by atoms with E-state index in [9.17, 15) is 21.6 Å². The number of benzene rings is 2. The van der Waals surface area contributed by atoms with E-state index in [0.717, 1.165) is 6.26 Å². The lowest BCUT2D eigenvalue weighted by Gasteiger charge is -2.24. The largest absolute Gasteiger partial charge is 0.491 e. The molecule has 1 aromatic heterocycles. The maximum absolute atomic E-state index is 12.5. The second-order valence-corrected chi connectivity index (χ2v) is 12.9. The van der Waals surface area contributed by atoms with Crippen LogP contribution in [0.15, 0.2) is 53.5 Å². The van der Waals surface area contributed by atoms with Gasteiger partial charge < -0.3 is 14.0 Å². The lowest BCUT2D eigenvalue weighted by Crippen LogP contribution is -2.33. The highest BCUT2D eigenvalue weighted by atomic mass is 35.5. The first-order chi connectivity index (χ1) is 17.4. The van der Waals surface area contributed by atoms with Crippen LogP contribution in [0.5, 0.6) is 17.2 Å². The van der Waals surface area contributed by atoms with E-state index >= 15 is 0 Å². The Labute approximate surface area is 220 Å². The second-order valence-electron chi connectivity index (χ2n) is 8.52. The Morgan fingerprint density at radius 2 is 1.73 bits per heavy atom. The van der Waals surface area contributed by atoms with E-state index in [4.69, 9.17) is 21.1 Å².